The molecule has 2 heterocycles. The number of nitro groups is 1. The van der Waals surface area contributed by atoms with Crippen molar-refractivity contribution in [3.63, 3.8) is 0 Å². The molecule has 30 heavy (non-hydrogen) atoms. The summed E-state index contributed by atoms with van der Waals surface area (Å²) in [6, 6.07) is 9.93. The van der Waals surface area contributed by atoms with Crippen LogP contribution in [0.1, 0.15) is 24.3 Å². The van der Waals surface area contributed by atoms with Crippen molar-refractivity contribution in [2.24, 2.45) is 11.8 Å². The van der Waals surface area contributed by atoms with Crippen molar-refractivity contribution >= 4 is 11.8 Å². The molecule has 2 amide bonds. The van der Waals surface area contributed by atoms with E-state index >= 15 is 0 Å². The largest absolute Gasteiger partial charge is 0.351 e. The topological polar surface area (TPSA) is 148 Å². The molecule has 11 nitrogen and oxygen atoms in total. The van der Waals surface area contributed by atoms with Crippen LogP contribution in [0.3, 0.4) is 0 Å². The quantitative estimate of drug-likeness (QED) is 0.296. The maximum absolute atomic E-state index is 13.2. The van der Waals surface area contributed by atoms with Crippen LogP contribution in [0.5, 0.6) is 0 Å². The third kappa shape index (κ3) is 4.69. The molecule has 0 radical (unpaired) electrons. The van der Waals surface area contributed by atoms with Crippen molar-refractivity contribution in [3.8, 4) is 0 Å². The molecular formula is C19H25N5O6. The summed E-state index contributed by atoms with van der Waals surface area (Å²) in [5.41, 5.74) is 4.51. The molecule has 3 atom stereocenters. The maximum Gasteiger partial charge on any atom is 0.276 e. The molecule has 0 spiro atoms. The van der Waals surface area contributed by atoms with Crippen LogP contribution < -0.4 is 11.0 Å². The van der Waals surface area contributed by atoms with Gasteiger partial charge in [0.05, 0.1) is 16.8 Å². The Labute approximate surface area is 173 Å². The number of nitrogens with one attached hydrogen (secondary N) is 2. The number of nitrogens with zero attached hydrogens (tertiary/aromatic N) is 3. The van der Waals surface area contributed by atoms with Crippen molar-refractivity contribution < 1.29 is 24.9 Å². The van der Waals surface area contributed by atoms with Gasteiger partial charge in [-0.2, -0.15) is 0 Å². The molecule has 1 aromatic carbocycles. The van der Waals surface area contributed by atoms with Gasteiger partial charge in [0, 0.05) is 32.1 Å². The Balaban J connectivity index is 1.72. The fourth-order valence-corrected chi connectivity index (χ4v) is 4.29. The molecule has 2 fully saturated rings. The third-order valence-electron chi connectivity index (χ3n) is 5.83. The molecule has 3 rings (SSSR count). The number of hydrogen-bond donors (Lipinski definition) is 4. The first-order valence-corrected chi connectivity index (χ1v) is 9.72. The Kier molecular flexibility index (Phi) is 6.85. The molecule has 11 heteroatoms. The summed E-state index contributed by atoms with van der Waals surface area (Å²) in [6.45, 7) is 1.30. The predicted molar refractivity (Wildman–Crippen MR) is 103 cm³/mol. The van der Waals surface area contributed by atoms with Crippen molar-refractivity contribution in [3.05, 3.63) is 58.0 Å². The summed E-state index contributed by atoms with van der Waals surface area (Å²) in [4.78, 5) is 38.6. The van der Waals surface area contributed by atoms with Gasteiger partial charge in [-0.1, -0.05) is 30.3 Å². The van der Waals surface area contributed by atoms with Crippen LogP contribution in [0.4, 0.5) is 0 Å². The Bertz CT molecular complexity index is 817. The second-order valence-electron chi connectivity index (χ2n) is 7.52. The lowest BCUT2D eigenvalue weighted by Crippen LogP contribution is -2.52. The van der Waals surface area contributed by atoms with Gasteiger partial charge in [0.2, 0.25) is 11.8 Å². The summed E-state index contributed by atoms with van der Waals surface area (Å²) in [5, 5.41) is 29.1. The van der Waals surface area contributed by atoms with E-state index in [1.54, 1.807) is 15.9 Å². The van der Waals surface area contributed by atoms with Gasteiger partial charge in [0.15, 0.2) is 5.82 Å². The van der Waals surface area contributed by atoms with E-state index in [0.717, 1.165) is 12.0 Å². The standard InChI is InChI=1S/C19H25N5O6/c25-18(21-28)16-11-22(17(20-27)12-24(29)30)9-7-15(16)19(26)23-8-6-14(10-23)13-4-2-1-3-5-13/h1-5,12,14-16,20,27-28H,6-11H2,(H,21,25)/b17-12+/t14-,15-,16-/m0/s1. The number of carbonyl (C=O) groups is 2. The molecule has 2 aliphatic heterocycles. The normalized spacial score (nSPS) is 24.5. The summed E-state index contributed by atoms with van der Waals surface area (Å²) in [6.07, 6.45) is 1.66. The molecule has 2 saturated heterocycles. The van der Waals surface area contributed by atoms with Crippen molar-refractivity contribution in [2.45, 2.75) is 18.8 Å². The molecule has 0 aliphatic carbocycles. The summed E-state index contributed by atoms with van der Waals surface area (Å²) in [7, 11) is 0. The molecule has 0 saturated carbocycles. The van der Waals surface area contributed by atoms with Crippen molar-refractivity contribution in [1.82, 2.24) is 20.8 Å². The molecule has 0 aromatic heterocycles. The Hall–Kier alpha value is -3.18. The summed E-state index contributed by atoms with van der Waals surface area (Å²) < 4.78 is 0. The predicted octanol–water partition coefficient (Wildman–Crippen LogP) is 0.500. The smallest absolute Gasteiger partial charge is 0.276 e. The van der Waals surface area contributed by atoms with Gasteiger partial charge in [-0.15, -0.1) is 0 Å². The SMILES string of the molecule is O=C(NO)[C@H]1CN(/C(=C/[N+](=O)[O-])NO)CC[C@@H]1C(=O)N1CC[C@H](c2ccccc2)C1. The van der Waals surface area contributed by atoms with E-state index in [1.165, 1.54) is 4.90 Å². The van der Waals surface area contributed by atoms with E-state index in [2.05, 4.69) is 0 Å². The highest BCUT2D eigenvalue weighted by atomic mass is 16.6. The lowest BCUT2D eigenvalue weighted by Gasteiger charge is -2.38. The van der Waals surface area contributed by atoms with Crippen molar-refractivity contribution in [1.29, 1.82) is 0 Å². The van der Waals surface area contributed by atoms with Gasteiger partial charge in [0.1, 0.15) is 0 Å². The summed E-state index contributed by atoms with van der Waals surface area (Å²) in [5.74, 6) is -2.46. The zero-order valence-corrected chi connectivity index (χ0v) is 16.3. The molecular weight excluding hydrogens is 394 g/mol. The van der Waals surface area contributed by atoms with E-state index in [-0.39, 0.29) is 37.2 Å². The zero-order chi connectivity index (χ0) is 21.7. The highest BCUT2D eigenvalue weighted by Gasteiger charge is 2.42. The molecule has 4 N–H and O–H groups in total. The van der Waals surface area contributed by atoms with Crippen LogP contribution in [-0.4, -0.2) is 63.1 Å². The zero-order valence-electron chi connectivity index (χ0n) is 16.3. The minimum Gasteiger partial charge on any atom is -0.351 e. The Morgan fingerprint density at radius 1 is 1.03 bits per heavy atom. The second kappa shape index (κ2) is 9.55. The average molecular weight is 419 g/mol. The van der Waals surface area contributed by atoms with Crippen molar-refractivity contribution in [2.75, 3.05) is 26.2 Å². The molecule has 0 unspecified atom stereocenters. The number of carbonyl (C=O) groups excluding carboxylic acids is 2. The molecule has 0 bridgehead atoms. The minimum absolute atomic E-state index is 0.0635. The maximum atomic E-state index is 13.2. The van der Waals surface area contributed by atoms with E-state index < -0.39 is 22.7 Å². The molecule has 1 aromatic rings. The Morgan fingerprint density at radius 3 is 2.37 bits per heavy atom. The van der Waals surface area contributed by atoms with Crippen LogP contribution >= 0.6 is 0 Å². The van der Waals surface area contributed by atoms with E-state index in [9.17, 15) is 24.9 Å². The number of likely N-dealkylation sites (tertiary alicyclic amines) is 2. The van der Waals surface area contributed by atoms with Crippen LogP contribution in [0.2, 0.25) is 0 Å². The lowest BCUT2D eigenvalue weighted by atomic mass is 9.83. The lowest BCUT2D eigenvalue weighted by molar-refractivity contribution is -0.405. The average Bonchev–Trinajstić information content (AvgIpc) is 3.27. The first kappa shape index (κ1) is 21.5. The van der Waals surface area contributed by atoms with Gasteiger partial charge in [-0.05, 0) is 18.4 Å². The van der Waals surface area contributed by atoms with Gasteiger partial charge >= 0.3 is 0 Å². The van der Waals surface area contributed by atoms with Gasteiger partial charge in [-0.25, -0.2) is 11.0 Å². The van der Waals surface area contributed by atoms with Crippen LogP contribution in [0.25, 0.3) is 0 Å². The second-order valence-corrected chi connectivity index (χ2v) is 7.52. The number of rotatable bonds is 6. The van der Waals surface area contributed by atoms with E-state index in [1.807, 2.05) is 30.3 Å². The highest BCUT2D eigenvalue weighted by Crippen LogP contribution is 2.32. The van der Waals surface area contributed by atoms with E-state index in [0.29, 0.717) is 19.3 Å². The molecule has 2 aliphatic rings. The first-order chi connectivity index (χ1) is 14.4. The van der Waals surface area contributed by atoms with Gasteiger partial charge in [-0.3, -0.25) is 30.1 Å². The highest BCUT2D eigenvalue weighted by molar-refractivity contribution is 5.88. The number of amides is 2. The number of piperidine rings is 1. The van der Waals surface area contributed by atoms with Crippen LogP contribution in [0.15, 0.2) is 42.4 Å². The van der Waals surface area contributed by atoms with Gasteiger partial charge < -0.3 is 9.80 Å². The van der Waals surface area contributed by atoms with Crippen LogP contribution in [-0.2, 0) is 9.59 Å². The minimum atomic E-state index is -0.921. The first-order valence-electron chi connectivity index (χ1n) is 9.72. The van der Waals surface area contributed by atoms with Crippen LogP contribution in [0, 0.1) is 22.0 Å². The number of hydroxylamine groups is 2. The molecule has 162 valence electrons. The number of hydrogen-bond acceptors (Lipinski definition) is 8. The monoisotopic (exact) mass is 419 g/mol. The fraction of sp³-hybridized carbons (Fsp3) is 0.474. The fourth-order valence-electron chi connectivity index (χ4n) is 4.29. The summed E-state index contributed by atoms with van der Waals surface area (Å²) >= 11 is 0. The third-order valence-corrected chi connectivity index (χ3v) is 5.83. The van der Waals surface area contributed by atoms with Gasteiger partial charge in [0.25, 0.3) is 6.20 Å². The number of benzene rings is 1. The Morgan fingerprint density at radius 2 is 1.73 bits per heavy atom. The van der Waals surface area contributed by atoms with E-state index in [4.69, 9.17) is 5.21 Å².